The maximum absolute atomic E-state index is 13.4. The van der Waals surface area contributed by atoms with Gasteiger partial charge in [0.25, 0.3) is 5.56 Å². The molecule has 204 valence electrons. The topological polar surface area (TPSA) is 115 Å². The number of piperazine rings is 1. The molecule has 1 saturated heterocycles. The maximum atomic E-state index is 13.4. The second-order valence-corrected chi connectivity index (χ2v) is 10.1. The van der Waals surface area contributed by atoms with Gasteiger partial charge in [-0.25, -0.2) is 9.48 Å². The molecule has 5 aromatic rings. The van der Waals surface area contributed by atoms with E-state index in [1.54, 1.807) is 24.4 Å². The van der Waals surface area contributed by atoms with Crippen molar-refractivity contribution in [1.29, 1.82) is 0 Å². The van der Waals surface area contributed by atoms with Crippen molar-refractivity contribution in [3.8, 4) is 11.4 Å². The molecular weight excluding hydrogens is 530 g/mol. The van der Waals surface area contributed by atoms with Crippen molar-refractivity contribution >= 4 is 45.9 Å². The first-order chi connectivity index (χ1) is 19.4. The van der Waals surface area contributed by atoms with E-state index < -0.39 is 0 Å². The Bertz CT molecular complexity index is 1830. The third-order valence-corrected chi connectivity index (χ3v) is 7.51. The molecule has 0 bridgehead atoms. The van der Waals surface area contributed by atoms with Gasteiger partial charge in [-0.05, 0) is 43.3 Å². The molecule has 0 atom stereocenters. The molecule has 3 N–H and O–H groups in total. The molecule has 10 nitrogen and oxygen atoms in total. The van der Waals surface area contributed by atoms with E-state index in [4.69, 9.17) is 21.3 Å². The van der Waals surface area contributed by atoms with Crippen LogP contribution in [0.3, 0.4) is 0 Å². The lowest BCUT2D eigenvalue weighted by Crippen LogP contribution is -2.46. The van der Waals surface area contributed by atoms with E-state index in [2.05, 4.69) is 37.0 Å². The Balaban J connectivity index is 1.33. The van der Waals surface area contributed by atoms with E-state index in [-0.39, 0.29) is 11.2 Å². The summed E-state index contributed by atoms with van der Waals surface area (Å²) in [5, 5.41) is 3.57. The number of methoxy groups -OCH3 is 1. The zero-order valence-electron chi connectivity index (χ0n) is 22.1. The fraction of sp³-hybridized carbons (Fsp3) is 0.207. The fourth-order valence-corrected chi connectivity index (χ4v) is 5.27. The van der Waals surface area contributed by atoms with E-state index in [9.17, 15) is 9.59 Å². The highest BCUT2D eigenvalue weighted by atomic mass is 35.5. The standard InChI is InChI=1S/C29H28ClN7O3/c1-18-21(28(38)37(34-18)20-8-9-22(30)27(14-20)40-2)17-31-25-15-23-24(33-29(39)32-23)16-26(25)36-12-10-35(11-13-36)19-6-4-3-5-7-19/h3-9,14-17,34H,10-13H2,1-2H3,(H2,32,33,39). The summed E-state index contributed by atoms with van der Waals surface area (Å²) in [6, 6.07) is 19.3. The molecule has 3 heterocycles. The lowest BCUT2D eigenvalue weighted by Gasteiger charge is -2.37. The third kappa shape index (κ3) is 4.77. The normalized spacial score (nSPS) is 14.0. The largest absolute Gasteiger partial charge is 0.495 e. The summed E-state index contributed by atoms with van der Waals surface area (Å²) in [6.07, 6.45) is 1.58. The number of aromatic amines is 3. The maximum Gasteiger partial charge on any atom is 0.323 e. The summed E-state index contributed by atoms with van der Waals surface area (Å²) in [5.41, 5.74) is 5.27. The quantitative estimate of drug-likeness (QED) is 0.268. The summed E-state index contributed by atoms with van der Waals surface area (Å²) in [4.78, 5) is 40.4. The number of imidazole rings is 1. The van der Waals surface area contributed by atoms with Crippen LogP contribution in [0, 0.1) is 6.92 Å². The van der Waals surface area contributed by atoms with Crippen LogP contribution in [0.5, 0.6) is 5.75 Å². The van der Waals surface area contributed by atoms with Gasteiger partial charge in [-0.2, -0.15) is 0 Å². The minimum atomic E-state index is -0.279. The van der Waals surface area contributed by atoms with E-state index in [1.807, 2.05) is 37.3 Å². The van der Waals surface area contributed by atoms with E-state index in [0.29, 0.717) is 44.4 Å². The van der Waals surface area contributed by atoms with Crippen molar-refractivity contribution in [2.75, 3.05) is 43.1 Å². The van der Waals surface area contributed by atoms with E-state index in [0.717, 1.165) is 31.9 Å². The number of para-hydroxylation sites is 1. The average molecular weight is 558 g/mol. The average Bonchev–Trinajstić information content (AvgIpc) is 3.48. The fourth-order valence-electron chi connectivity index (χ4n) is 5.08. The molecular formula is C29H28ClN7O3. The minimum Gasteiger partial charge on any atom is -0.495 e. The van der Waals surface area contributed by atoms with Crippen LogP contribution in [0.2, 0.25) is 5.02 Å². The second-order valence-electron chi connectivity index (χ2n) is 9.64. The number of ether oxygens (including phenoxy) is 1. The van der Waals surface area contributed by atoms with Crippen LogP contribution in [0.15, 0.2) is 75.2 Å². The molecule has 40 heavy (non-hydrogen) atoms. The number of aliphatic imine (C=N–C) groups is 1. The van der Waals surface area contributed by atoms with Gasteiger partial charge in [0.15, 0.2) is 0 Å². The van der Waals surface area contributed by atoms with Crippen molar-refractivity contribution in [3.63, 3.8) is 0 Å². The minimum absolute atomic E-state index is 0.250. The Morgan fingerprint density at radius 1 is 0.900 bits per heavy atom. The number of H-pyrrole nitrogens is 3. The van der Waals surface area contributed by atoms with Crippen LogP contribution in [-0.2, 0) is 0 Å². The summed E-state index contributed by atoms with van der Waals surface area (Å²) in [6.45, 7) is 5.09. The van der Waals surface area contributed by atoms with Crippen molar-refractivity contribution in [3.05, 3.63) is 97.8 Å². The van der Waals surface area contributed by atoms with Gasteiger partial charge in [-0.1, -0.05) is 29.8 Å². The molecule has 0 unspecified atom stereocenters. The molecule has 0 aliphatic carbocycles. The first-order valence-electron chi connectivity index (χ1n) is 12.9. The number of aryl methyl sites for hydroxylation is 1. The first-order valence-corrected chi connectivity index (χ1v) is 13.3. The highest BCUT2D eigenvalue weighted by Crippen LogP contribution is 2.33. The van der Waals surface area contributed by atoms with Crippen LogP contribution in [0.25, 0.3) is 16.7 Å². The molecule has 1 fully saturated rings. The van der Waals surface area contributed by atoms with Gasteiger partial charge < -0.3 is 24.5 Å². The number of nitrogens with zero attached hydrogens (tertiary/aromatic N) is 4. The number of hydrogen-bond donors (Lipinski definition) is 3. The number of aromatic nitrogens is 4. The second kappa shape index (κ2) is 10.5. The number of hydrogen-bond acceptors (Lipinski definition) is 6. The molecule has 6 rings (SSSR count). The van der Waals surface area contributed by atoms with E-state index >= 15 is 0 Å². The molecule has 1 aliphatic rings. The number of rotatable bonds is 6. The number of fused-ring (bicyclic) bond motifs is 1. The van der Waals surface area contributed by atoms with Gasteiger partial charge in [0.1, 0.15) is 5.75 Å². The van der Waals surface area contributed by atoms with Crippen LogP contribution in [0.1, 0.15) is 11.3 Å². The monoisotopic (exact) mass is 557 g/mol. The predicted molar refractivity (Wildman–Crippen MR) is 160 cm³/mol. The zero-order chi connectivity index (χ0) is 27.8. The van der Waals surface area contributed by atoms with Crippen LogP contribution < -0.4 is 25.8 Å². The summed E-state index contributed by atoms with van der Waals surface area (Å²) >= 11 is 6.16. The number of benzene rings is 3. The summed E-state index contributed by atoms with van der Waals surface area (Å²) < 4.78 is 6.74. The van der Waals surface area contributed by atoms with Crippen molar-refractivity contribution in [2.24, 2.45) is 4.99 Å². The lowest BCUT2D eigenvalue weighted by molar-refractivity contribution is 0.414. The van der Waals surface area contributed by atoms with Crippen LogP contribution in [0.4, 0.5) is 17.1 Å². The smallest absolute Gasteiger partial charge is 0.323 e. The Hall–Kier alpha value is -4.70. The Morgan fingerprint density at radius 3 is 2.33 bits per heavy atom. The molecule has 0 spiro atoms. The van der Waals surface area contributed by atoms with Crippen molar-refractivity contribution in [1.82, 2.24) is 19.7 Å². The molecule has 0 radical (unpaired) electrons. The van der Waals surface area contributed by atoms with Crippen molar-refractivity contribution in [2.45, 2.75) is 6.92 Å². The summed E-state index contributed by atoms with van der Waals surface area (Å²) in [5.74, 6) is 0.472. The highest BCUT2D eigenvalue weighted by molar-refractivity contribution is 6.32. The molecule has 0 amide bonds. The molecule has 2 aromatic heterocycles. The van der Waals surface area contributed by atoms with Gasteiger partial charge in [-0.3, -0.25) is 14.9 Å². The highest BCUT2D eigenvalue weighted by Gasteiger charge is 2.21. The molecule has 0 saturated carbocycles. The summed E-state index contributed by atoms with van der Waals surface area (Å²) in [7, 11) is 1.53. The SMILES string of the molecule is COc1cc(-n2[nH]c(C)c(C=Nc3cc4[nH]c(=O)[nH]c4cc3N3CCN(c4ccccc4)CC3)c2=O)ccc1Cl. The zero-order valence-corrected chi connectivity index (χ0v) is 22.8. The Kier molecular flexibility index (Phi) is 6.69. The predicted octanol–water partition coefficient (Wildman–Crippen LogP) is 4.38. The van der Waals surface area contributed by atoms with Gasteiger partial charge in [-0.15, -0.1) is 0 Å². The van der Waals surface area contributed by atoms with Gasteiger partial charge >= 0.3 is 5.69 Å². The van der Waals surface area contributed by atoms with Crippen molar-refractivity contribution < 1.29 is 4.74 Å². The third-order valence-electron chi connectivity index (χ3n) is 7.20. The van der Waals surface area contributed by atoms with E-state index in [1.165, 1.54) is 17.5 Å². The molecule has 1 aliphatic heterocycles. The van der Waals surface area contributed by atoms with Crippen LogP contribution >= 0.6 is 11.6 Å². The van der Waals surface area contributed by atoms with Crippen LogP contribution in [-0.4, -0.2) is 59.3 Å². The first kappa shape index (κ1) is 25.6. The van der Waals surface area contributed by atoms with Gasteiger partial charge in [0.05, 0.1) is 45.8 Å². The molecule has 3 aromatic carbocycles. The number of anilines is 2. The Labute approximate surface area is 234 Å². The number of halogens is 1. The lowest BCUT2D eigenvalue weighted by atomic mass is 10.1. The molecule has 11 heteroatoms. The van der Waals surface area contributed by atoms with Gasteiger partial charge in [0, 0.05) is 49.8 Å². The Morgan fingerprint density at radius 2 is 1.60 bits per heavy atom. The van der Waals surface area contributed by atoms with Gasteiger partial charge in [0.2, 0.25) is 0 Å². The number of nitrogens with one attached hydrogen (secondary N) is 3.